The maximum absolute atomic E-state index is 11.7. The van der Waals surface area contributed by atoms with Gasteiger partial charge in [0.05, 0.1) is 19.3 Å². The van der Waals surface area contributed by atoms with Gasteiger partial charge >= 0.3 is 0 Å². The van der Waals surface area contributed by atoms with Crippen LogP contribution in [0.25, 0.3) is 11.0 Å². The average molecular weight is 247 g/mol. The van der Waals surface area contributed by atoms with Crippen LogP contribution in [0.15, 0.2) is 28.9 Å². The predicted molar refractivity (Wildman–Crippen MR) is 69.3 cm³/mol. The highest BCUT2D eigenvalue weighted by Crippen LogP contribution is 2.22. The Morgan fingerprint density at radius 3 is 3.00 bits per heavy atom. The fraction of sp³-hybridized carbons (Fsp3) is 0.357. The van der Waals surface area contributed by atoms with Gasteiger partial charge < -0.3 is 14.8 Å². The zero-order valence-corrected chi connectivity index (χ0v) is 10.6. The van der Waals surface area contributed by atoms with Crippen molar-refractivity contribution in [3.63, 3.8) is 0 Å². The van der Waals surface area contributed by atoms with Crippen LogP contribution in [0.3, 0.4) is 0 Å². The number of fused-ring (bicyclic) bond motifs is 1. The first-order valence-electron chi connectivity index (χ1n) is 5.97. The molecule has 2 rings (SSSR count). The Morgan fingerprint density at radius 2 is 2.28 bits per heavy atom. The normalized spacial score (nSPS) is 12.6. The summed E-state index contributed by atoms with van der Waals surface area (Å²) in [6.45, 7) is 3.70. The number of amides is 1. The highest BCUT2D eigenvalue weighted by molar-refractivity contribution is 5.88. The van der Waals surface area contributed by atoms with Crippen LogP contribution in [0, 0.1) is 6.92 Å². The quantitative estimate of drug-likeness (QED) is 0.865. The topological polar surface area (TPSA) is 62.5 Å². The predicted octanol–water partition coefficient (Wildman–Crippen LogP) is 1.78. The standard InChI is InChI=1S/C14H17NO3/c1-9-3-4-12-11(8-18-13(12)5-9)6-14(17)15-10(2)7-16/h3-5,8,10,16H,6-7H2,1-2H3,(H,15,17)/t10-/m0/s1. The molecular weight excluding hydrogens is 230 g/mol. The van der Waals surface area contributed by atoms with E-state index < -0.39 is 0 Å². The lowest BCUT2D eigenvalue weighted by molar-refractivity contribution is -0.121. The lowest BCUT2D eigenvalue weighted by Crippen LogP contribution is -2.35. The number of hydrogen-bond donors (Lipinski definition) is 2. The largest absolute Gasteiger partial charge is 0.464 e. The summed E-state index contributed by atoms with van der Waals surface area (Å²) in [6, 6.07) is 5.69. The molecule has 0 aliphatic carbocycles. The second-order valence-corrected chi connectivity index (χ2v) is 4.59. The minimum Gasteiger partial charge on any atom is -0.464 e. The molecule has 0 radical (unpaired) electrons. The molecule has 0 saturated heterocycles. The molecule has 4 heteroatoms. The van der Waals surface area contributed by atoms with Gasteiger partial charge in [0.2, 0.25) is 5.91 Å². The summed E-state index contributed by atoms with van der Waals surface area (Å²) in [5, 5.41) is 12.6. The summed E-state index contributed by atoms with van der Waals surface area (Å²) in [5.74, 6) is -0.111. The third-order valence-electron chi connectivity index (χ3n) is 2.84. The number of benzene rings is 1. The maximum atomic E-state index is 11.7. The van der Waals surface area contributed by atoms with Crippen molar-refractivity contribution in [1.29, 1.82) is 0 Å². The number of hydrogen-bond acceptors (Lipinski definition) is 3. The van der Waals surface area contributed by atoms with Crippen molar-refractivity contribution in [2.75, 3.05) is 6.61 Å². The zero-order valence-electron chi connectivity index (χ0n) is 10.6. The number of carbonyl (C=O) groups excluding carboxylic acids is 1. The molecule has 2 N–H and O–H groups in total. The van der Waals surface area contributed by atoms with E-state index in [1.807, 2.05) is 25.1 Å². The van der Waals surface area contributed by atoms with Crippen LogP contribution in [0.2, 0.25) is 0 Å². The smallest absolute Gasteiger partial charge is 0.224 e. The molecule has 1 heterocycles. The van der Waals surface area contributed by atoms with Gasteiger partial charge in [-0.3, -0.25) is 4.79 Å². The number of aryl methyl sites for hydroxylation is 1. The summed E-state index contributed by atoms with van der Waals surface area (Å²) < 4.78 is 5.43. The monoisotopic (exact) mass is 247 g/mol. The van der Waals surface area contributed by atoms with Gasteiger partial charge in [-0.25, -0.2) is 0 Å². The molecular formula is C14H17NO3. The third kappa shape index (κ3) is 2.71. The highest BCUT2D eigenvalue weighted by Gasteiger charge is 2.12. The molecule has 0 fully saturated rings. The van der Waals surface area contributed by atoms with E-state index in [9.17, 15) is 4.79 Å². The first kappa shape index (κ1) is 12.6. The molecule has 1 aromatic carbocycles. The van der Waals surface area contributed by atoms with E-state index >= 15 is 0 Å². The fourth-order valence-electron chi connectivity index (χ4n) is 1.87. The third-order valence-corrected chi connectivity index (χ3v) is 2.84. The van der Waals surface area contributed by atoms with Crippen molar-refractivity contribution in [2.24, 2.45) is 0 Å². The van der Waals surface area contributed by atoms with E-state index in [4.69, 9.17) is 9.52 Å². The Hall–Kier alpha value is -1.81. The molecule has 18 heavy (non-hydrogen) atoms. The van der Waals surface area contributed by atoms with Crippen LogP contribution in [0.1, 0.15) is 18.1 Å². The second-order valence-electron chi connectivity index (χ2n) is 4.59. The van der Waals surface area contributed by atoms with Crippen LogP contribution in [0.5, 0.6) is 0 Å². The van der Waals surface area contributed by atoms with E-state index in [-0.39, 0.29) is 25.0 Å². The molecule has 1 atom stereocenters. The number of rotatable bonds is 4. The second kappa shape index (κ2) is 5.23. The first-order valence-corrected chi connectivity index (χ1v) is 5.97. The summed E-state index contributed by atoms with van der Waals surface area (Å²) in [7, 11) is 0. The van der Waals surface area contributed by atoms with Gasteiger partial charge in [0.1, 0.15) is 5.58 Å². The summed E-state index contributed by atoms with van der Waals surface area (Å²) in [5.41, 5.74) is 2.79. The molecule has 1 aromatic heterocycles. The SMILES string of the molecule is Cc1ccc2c(CC(=O)N[C@@H](C)CO)coc2c1. The minimum atomic E-state index is -0.224. The number of aliphatic hydroxyl groups is 1. The molecule has 4 nitrogen and oxygen atoms in total. The molecule has 0 bridgehead atoms. The Kier molecular flexibility index (Phi) is 3.67. The molecule has 0 spiro atoms. The van der Waals surface area contributed by atoms with Gasteiger partial charge in [-0.1, -0.05) is 12.1 Å². The molecule has 1 amide bonds. The lowest BCUT2D eigenvalue weighted by Gasteiger charge is -2.09. The first-order chi connectivity index (χ1) is 8.60. The van der Waals surface area contributed by atoms with E-state index in [1.54, 1.807) is 13.2 Å². The number of carbonyl (C=O) groups is 1. The Bertz CT molecular complexity index is 559. The maximum Gasteiger partial charge on any atom is 0.224 e. The molecule has 0 saturated carbocycles. The van der Waals surface area contributed by atoms with Crippen molar-refractivity contribution in [1.82, 2.24) is 5.32 Å². The van der Waals surface area contributed by atoms with E-state index in [0.29, 0.717) is 0 Å². The van der Waals surface area contributed by atoms with Crippen LogP contribution in [-0.2, 0) is 11.2 Å². The average Bonchev–Trinajstić information content (AvgIpc) is 2.71. The summed E-state index contributed by atoms with van der Waals surface area (Å²) in [4.78, 5) is 11.7. The van der Waals surface area contributed by atoms with Crippen molar-refractivity contribution >= 4 is 16.9 Å². The van der Waals surface area contributed by atoms with Crippen LogP contribution >= 0.6 is 0 Å². The van der Waals surface area contributed by atoms with Gasteiger partial charge in [0.25, 0.3) is 0 Å². The number of furan rings is 1. The molecule has 0 aliphatic heterocycles. The lowest BCUT2D eigenvalue weighted by atomic mass is 10.1. The Labute approximate surface area is 106 Å². The van der Waals surface area contributed by atoms with Gasteiger partial charge in [-0.05, 0) is 25.5 Å². The van der Waals surface area contributed by atoms with E-state index in [0.717, 1.165) is 22.1 Å². The van der Waals surface area contributed by atoms with Crippen LogP contribution in [-0.4, -0.2) is 23.7 Å². The number of nitrogens with one attached hydrogen (secondary N) is 1. The van der Waals surface area contributed by atoms with Gasteiger partial charge in [0, 0.05) is 17.0 Å². The van der Waals surface area contributed by atoms with Gasteiger partial charge in [-0.2, -0.15) is 0 Å². The molecule has 0 unspecified atom stereocenters. The van der Waals surface area contributed by atoms with E-state index in [2.05, 4.69) is 5.32 Å². The van der Waals surface area contributed by atoms with Crippen molar-refractivity contribution < 1.29 is 14.3 Å². The summed E-state index contributed by atoms with van der Waals surface area (Å²) >= 11 is 0. The Morgan fingerprint density at radius 1 is 1.50 bits per heavy atom. The summed E-state index contributed by atoms with van der Waals surface area (Å²) in [6.07, 6.45) is 1.88. The van der Waals surface area contributed by atoms with Crippen molar-refractivity contribution in [3.8, 4) is 0 Å². The van der Waals surface area contributed by atoms with E-state index in [1.165, 1.54) is 0 Å². The Balaban J connectivity index is 2.15. The van der Waals surface area contributed by atoms with Gasteiger partial charge in [-0.15, -0.1) is 0 Å². The zero-order chi connectivity index (χ0) is 13.1. The van der Waals surface area contributed by atoms with Crippen molar-refractivity contribution in [3.05, 3.63) is 35.6 Å². The van der Waals surface area contributed by atoms with Crippen molar-refractivity contribution in [2.45, 2.75) is 26.3 Å². The van der Waals surface area contributed by atoms with Crippen LogP contribution < -0.4 is 5.32 Å². The molecule has 2 aromatic rings. The minimum absolute atomic E-state index is 0.0585. The van der Waals surface area contributed by atoms with Gasteiger partial charge in [0.15, 0.2) is 0 Å². The number of aliphatic hydroxyl groups excluding tert-OH is 1. The fourth-order valence-corrected chi connectivity index (χ4v) is 1.87. The molecule has 96 valence electrons. The molecule has 0 aliphatic rings. The highest BCUT2D eigenvalue weighted by atomic mass is 16.3. The van der Waals surface area contributed by atoms with Crippen LogP contribution in [0.4, 0.5) is 0 Å².